The van der Waals surface area contributed by atoms with Crippen LogP contribution in [0, 0.1) is 11.8 Å². The Morgan fingerprint density at radius 3 is 2.00 bits per heavy atom. The Labute approximate surface area is 409 Å². The van der Waals surface area contributed by atoms with Crippen molar-refractivity contribution in [3.8, 4) is 0 Å². The number of alkyl carbamates (subject to hydrolysis) is 2. The van der Waals surface area contributed by atoms with Crippen LogP contribution in [0.4, 0.5) is 9.59 Å². The number of carbonyl (C=O) groups excluding carboxylic acids is 6. The third-order valence-electron chi connectivity index (χ3n) is 13.0. The van der Waals surface area contributed by atoms with Crippen molar-refractivity contribution in [2.24, 2.45) is 11.8 Å². The average molecular weight is 958 g/mol. The van der Waals surface area contributed by atoms with Crippen LogP contribution in [0.15, 0.2) is 72.8 Å². The van der Waals surface area contributed by atoms with Crippen LogP contribution >= 0.6 is 0 Å². The van der Waals surface area contributed by atoms with Crippen molar-refractivity contribution in [3.05, 3.63) is 83.9 Å². The zero-order valence-corrected chi connectivity index (χ0v) is 42.4. The Kier molecular flexibility index (Phi) is 19.2. The molecule has 3 aliphatic heterocycles. The van der Waals surface area contributed by atoms with Crippen LogP contribution in [0.2, 0.25) is 0 Å². The van der Waals surface area contributed by atoms with E-state index in [1.165, 1.54) is 5.06 Å². The molecule has 2 aromatic carbocycles. The zero-order chi connectivity index (χ0) is 50.5. The van der Waals surface area contributed by atoms with Gasteiger partial charge in [-0.25, -0.2) is 9.59 Å². The van der Waals surface area contributed by atoms with Gasteiger partial charge >= 0.3 is 12.2 Å². The lowest BCUT2D eigenvalue weighted by Gasteiger charge is -2.51. The molecule has 380 valence electrons. The molecule has 0 saturated carbocycles. The minimum Gasteiger partial charge on any atom is -0.445 e. The van der Waals surface area contributed by atoms with Gasteiger partial charge in [0, 0.05) is 36.8 Å². The number of ether oxygens (including phenoxy) is 2. The minimum atomic E-state index is -0.991. The Morgan fingerprint density at radius 1 is 0.797 bits per heavy atom. The Morgan fingerprint density at radius 2 is 1.39 bits per heavy atom. The number of hydroxylamine groups is 2. The second-order valence-electron chi connectivity index (χ2n) is 21.7. The van der Waals surface area contributed by atoms with Crippen LogP contribution in [0.25, 0.3) is 0 Å². The molecular weight excluding hydrogens is 879 g/mol. The number of amides is 6. The highest BCUT2D eigenvalue weighted by Gasteiger charge is 2.47. The molecule has 0 aromatic heterocycles. The van der Waals surface area contributed by atoms with Gasteiger partial charge in [-0.1, -0.05) is 86.7 Å². The first-order chi connectivity index (χ1) is 32.5. The molecule has 0 unspecified atom stereocenters. The third-order valence-corrected chi connectivity index (χ3v) is 13.0. The van der Waals surface area contributed by atoms with Crippen LogP contribution in [0.1, 0.15) is 131 Å². The molecule has 16 heteroatoms. The summed E-state index contributed by atoms with van der Waals surface area (Å²) >= 11 is 0. The van der Waals surface area contributed by atoms with Crippen molar-refractivity contribution in [2.45, 2.75) is 180 Å². The number of benzene rings is 2. The van der Waals surface area contributed by atoms with E-state index in [0.29, 0.717) is 70.9 Å². The van der Waals surface area contributed by atoms with Gasteiger partial charge in [-0.2, -0.15) is 5.06 Å². The van der Waals surface area contributed by atoms with E-state index in [2.05, 4.69) is 35.1 Å². The fourth-order valence-electron chi connectivity index (χ4n) is 10.0. The minimum absolute atomic E-state index is 0.107. The van der Waals surface area contributed by atoms with E-state index >= 15 is 0 Å². The molecule has 5 N–H and O–H groups in total. The standard InChI is InChI=1S/C53H79N7O9/c1-36(2)31-40(56-50(66)69-51(3,4)5)27-26-39(32-37-19-12-10-13-20-37)47(63)59-30-18-25-44(59)48(64)58-29-17-24-43(58)46(62)57-42(23-16-28-54-49(65)68-35-38-21-14-11-15-22-38)45(61)55-41-33-52(6,7)60(67)53(8,9)34-41/h10-15,19-22,26-27,36,39-44,67H,16-18,23-25,28-35H2,1-9H3,(H,54,65)(H,55,61)(H,56,66)(H,57,62)/b27-26+/t39-,40+,42-,43-,44-/m0/s1. The van der Waals surface area contributed by atoms with Crippen LogP contribution in [-0.4, -0.2) is 122 Å². The molecule has 16 nitrogen and oxygen atoms in total. The smallest absolute Gasteiger partial charge is 0.408 e. The van der Waals surface area contributed by atoms with Gasteiger partial charge < -0.3 is 45.7 Å². The lowest BCUT2D eigenvalue weighted by molar-refractivity contribution is -0.246. The average Bonchev–Trinajstić information content (AvgIpc) is 3.98. The van der Waals surface area contributed by atoms with Crippen LogP contribution in [-0.2, 0) is 41.7 Å². The van der Waals surface area contributed by atoms with Gasteiger partial charge in [0.2, 0.25) is 23.6 Å². The number of hydrogen-bond donors (Lipinski definition) is 5. The van der Waals surface area contributed by atoms with Gasteiger partial charge in [-0.3, -0.25) is 19.2 Å². The highest BCUT2D eigenvalue weighted by molar-refractivity contribution is 5.95. The summed E-state index contributed by atoms with van der Waals surface area (Å²) in [7, 11) is 0. The molecule has 5 atom stereocenters. The fourth-order valence-corrected chi connectivity index (χ4v) is 10.0. The SMILES string of the molecule is CC(C)C[C@@H](/C=C/[C@@H](Cc1ccccc1)C(=O)N1CCC[C@H]1C(=O)N1CCC[C@H]1C(=O)N[C@@H](CCCNC(=O)OCc1ccccc1)C(=O)NC1CC(C)(C)N(O)C(C)(C)C1)NC(=O)OC(C)(C)C. The molecule has 5 rings (SSSR count). The molecule has 0 aliphatic carbocycles. The lowest BCUT2D eigenvalue weighted by Crippen LogP contribution is -2.64. The maximum absolute atomic E-state index is 14.7. The monoisotopic (exact) mass is 958 g/mol. The number of hydrogen-bond acceptors (Lipinski definition) is 10. The summed E-state index contributed by atoms with van der Waals surface area (Å²) in [4.78, 5) is 86.5. The number of likely N-dealkylation sites (tertiary alicyclic amines) is 2. The zero-order valence-electron chi connectivity index (χ0n) is 42.4. The number of nitrogens with one attached hydrogen (secondary N) is 4. The van der Waals surface area contributed by atoms with E-state index in [0.717, 1.165) is 11.1 Å². The van der Waals surface area contributed by atoms with Gasteiger partial charge in [0.05, 0.1) is 12.0 Å². The molecule has 0 bridgehead atoms. The molecular formula is C53H79N7O9. The summed E-state index contributed by atoms with van der Waals surface area (Å²) in [6, 6.07) is 15.7. The van der Waals surface area contributed by atoms with E-state index in [-0.39, 0.29) is 43.3 Å². The molecule has 69 heavy (non-hydrogen) atoms. The molecule has 2 aromatic rings. The van der Waals surface area contributed by atoms with Crippen LogP contribution in [0.3, 0.4) is 0 Å². The van der Waals surface area contributed by atoms with Crippen molar-refractivity contribution < 1.29 is 43.4 Å². The number of nitrogens with zero attached hydrogens (tertiary/aromatic N) is 3. The summed E-state index contributed by atoms with van der Waals surface area (Å²) < 4.78 is 10.9. The first-order valence-corrected chi connectivity index (χ1v) is 24.9. The quantitative estimate of drug-likeness (QED) is 0.0719. The van der Waals surface area contributed by atoms with Gasteiger partial charge in [0.1, 0.15) is 30.3 Å². The fraction of sp³-hybridized carbons (Fsp3) is 0.623. The van der Waals surface area contributed by atoms with Crippen LogP contribution < -0.4 is 21.3 Å². The highest BCUT2D eigenvalue weighted by Crippen LogP contribution is 2.37. The topological polar surface area (TPSA) is 199 Å². The molecule has 6 amide bonds. The summed E-state index contributed by atoms with van der Waals surface area (Å²) in [6.07, 6.45) is 7.05. The molecule has 3 saturated heterocycles. The van der Waals surface area contributed by atoms with Crippen LogP contribution in [0.5, 0.6) is 0 Å². The maximum atomic E-state index is 14.7. The van der Waals surface area contributed by atoms with E-state index in [1.54, 1.807) is 30.6 Å². The van der Waals surface area contributed by atoms with Crippen molar-refractivity contribution in [1.29, 1.82) is 0 Å². The summed E-state index contributed by atoms with van der Waals surface area (Å²) in [5.74, 6) is -1.78. The molecule has 0 radical (unpaired) electrons. The Bertz CT molecular complexity index is 2060. The van der Waals surface area contributed by atoms with Crippen molar-refractivity contribution in [1.82, 2.24) is 36.1 Å². The van der Waals surface area contributed by atoms with E-state index in [1.807, 2.05) is 101 Å². The molecule has 0 spiro atoms. The number of piperidine rings is 1. The first kappa shape index (κ1) is 54.5. The highest BCUT2D eigenvalue weighted by atomic mass is 16.6. The van der Waals surface area contributed by atoms with Gasteiger partial charge in [0.15, 0.2) is 0 Å². The van der Waals surface area contributed by atoms with E-state index in [9.17, 15) is 34.0 Å². The van der Waals surface area contributed by atoms with Crippen molar-refractivity contribution in [2.75, 3.05) is 19.6 Å². The Hall–Kier alpha value is -5.48. The summed E-state index contributed by atoms with van der Waals surface area (Å²) in [5.41, 5.74) is -0.148. The second-order valence-corrected chi connectivity index (χ2v) is 21.7. The van der Waals surface area contributed by atoms with Gasteiger partial charge in [-0.15, -0.1) is 0 Å². The third kappa shape index (κ3) is 16.3. The molecule has 3 aliphatic rings. The van der Waals surface area contributed by atoms with E-state index < -0.39 is 70.8 Å². The normalized spacial score (nSPS) is 20.8. The predicted molar refractivity (Wildman–Crippen MR) is 264 cm³/mol. The van der Waals surface area contributed by atoms with Gasteiger partial charge in [-0.05, 0) is 130 Å². The first-order valence-electron chi connectivity index (χ1n) is 24.9. The number of carbonyl (C=O) groups is 6. The predicted octanol–water partition coefficient (Wildman–Crippen LogP) is 7.04. The summed E-state index contributed by atoms with van der Waals surface area (Å²) in [6.45, 7) is 18.2. The van der Waals surface area contributed by atoms with Crippen molar-refractivity contribution >= 4 is 35.8 Å². The molecule has 3 fully saturated rings. The van der Waals surface area contributed by atoms with Gasteiger partial charge in [0.25, 0.3) is 0 Å². The maximum Gasteiger partial charge on any atom is 0.408 e. The Balaban J connectivity index is 1.29. The second kappa shape index (κ2) is 24.4. The van der Waals surface area contributed by atoms with Crippen molar-refractivity contribution in [3.63, 3.8) is 0 Å². The lowest BCUT2D eigenvalue weighted by atomic mass is 9.79. The van der Waals surface area contributed by atoms with E-state index in [4.69, 9.17) is 9.47 Å². The molecule has 3 heterocycles. The largest absolute Gasteiger partial charge is 0.445 e. The number of rotatable bonds is 19. The summed E-state index contributed by atoms with van der Waals surface area (Å²) in [5, 5.41) is 24.1.